The highest BCUT2D eigenvalue weighted by Crippen LogP contribution is 2.26. The molecule has 1 saturated heterocycles. The van der Waals surface area contributed by atoms with Gasteiger partial charge < -0.3 is 9.47 Å². The van der Waals surface area contributed by atoms with Crippen LogP contribution in [0, 0.1) is 19.8 Å². The molecule has 112 valence electrons. The molecule has 2 rings (SSSR count). The second kappa shape index (κ2) is 6.11. The summed E-state index contributed by atoms with van der Waals surface area (Å²) in [6.45, 7) is 5.67. The van der Waals surface area contributed by atoms with Gasteiger partial charge in [-0.3, -0.25) is 0 Å². The van der Waals surface area contributed by atoms with Crippen molar-refractivity contribution in [2.75, 3.05) is 19.8 Å². The lowest BCUT2D eigenvalue weighted by molar-refractivity contribution is 0.0497. The lowest BCUT2D eigenvalue weighted by Crippen LogP contribution is -2.21. The molecule has 20 heavy (non-hydrogen) atoms. The van der Waals surface area contributed by atoms with Gasteiger partial charge in [-0.05, 0) is 55.9 Å². The van der Waals surface area contributed by atoms with Gasteiger partial charge in [0, 0.05) is 13.2 Å². The van der Waals surface area contributed by atoms with Gasteiger partial charge in [0.05, 0.1) is 11.5 Å². The van der Waals surface area contributed by atoms with Gasteiger partial charge in [0.2, 0.25) is 10.0 Å². The van der Waals surface area contributed by atoms with Crippen LogP contribution in [-0.2, 0) is 14.8 Å². The van der Waals surface area contributed by atoms with E-state index in [0.29, 0.717) is 29.4 Å². The van der Waals surface area contributed by atoms with Crippen molar-refractivity contribution < 1.29 is 17.9 Å². The number of ether oxygens (including phenoxy) is 2. The number of aryl methyl sites for hydroxylation is 2. The fraction of sp³-hybridized carbons (Fsp3) is 0.571. The zero-order valence-corrected chi connectivity index (χ0v) is 12.7. The van der Waals surface area contributed by atoms with Gasteiger partial charge in [-0.25, -0.2) is 13.6 Å². The summed E-state index contributed by atoms with van der Waals surface area (Å²) in [6.07, 6.45) is 2.01. The van der Waals surface area contributed by atoms with Gasteiger partial charge in [0.15, 0.2) is 0 Å². The Morgan fingerprint density at radius 2 is 1.80 bits per heavy atom. The molecule has 0 unspecified atom stereocenters. The molecular formula is C14H21NO4S. The largest absolute Gasteiger partial charge is 0.493 e. The summed E-state index contributed by atoms with van der Waals surface area (Å²) in [5, 5.41) is 5.22. The Morgan fingerprint density at radius 1 is 1.25 bits per heavy atom. The SMILES string of the molecule is Cc1cc(OCC2CCOCC2)cc(C)c1S(N)(=O)=O. The van der Waals surface area contributed by atoms with Gasteiger partial charge in [-0.15, -0.1) is 0 Å². The van der Waals surface area contributed by atoms with Crippen LogP contribution >= 0.6 is 0 Å². The zero-order valence-electron chi connectivity index (χ0n) is 11.9. The molecule has 2 N–H and O–H groups in total. The summed E-state index contributed by atoms with van der Waals surface area (Å²) in [5.74, 6) is 1.20. The van der Waals surface area contributed by atoms with Crippen LogP contribution in [0.2, 0.25) is 0 Å². The van der Waals surface area contributed by atoms with E-state index in [4.69, 9.17) is 14.6 Å². The second-order valence-corrected chi connectivity index (χ2v) is 6.80. The zero-order chi connectivity index (χ0) is 14.8. The first-order chi connectivity index (χ1) is 9.38. The van der Waals surface area contributed by atoms with Crippen molar-refractivity contribution in [3.63, 3.8) is 0 Å². The first-order valence-corrected chi connectivity index (χ1v) is 8.27. The van der Waals surface area contributed by atoms with E-state index >= 15 is 0 Å². The van der Waals surface area contributed by atoms with Gasteiger partial charge in [0.1, 0.15) is 5.75 Å². The minimum Gasteiger partial charge on any atom is -0.493 e. The van der Waals surface area contributed by atoms with Crippen molar-refractivity contribution in [1.82, 2.24) is 0 Å². The normalized spacial score (nSPS) is 17.1. The van der Waals surface area contributed by atoms with Crippen LogP contribution in [0.1, 0.15) is 24.0 Å². The molecule has 5 nitrogen and oxygen atoms in total. The van der Waals surface area contributed by atoms with Crippen molar-refractivity contribution in [2.45, 2.75) is 31.6 Å². The maximum atomic E-state index is 11.5. The van der Waals surface area contributed by atoms with E-state index in [-0.39, 0.29) is 4.90 Å². The predicted molar refractivity (Wildman–Crippen MR) is 76.3 cm³/mol. The fourth-order valence-electron chi connectivity index (χ4n) is 2.57. The van der Waals surface area contributed by atoms with Gasteiger partial charge >= 0.3 is 0 Å². The fourth-order valence-corrected chi connectivity index (χ4v) is 3.59. The van der Waals surface area contributed by atoms with Crippen LogP contribution < -0.4 is 9.88 Å². The topological polar surface area (TPSA) is 78.6 Å². The third-order valence-corrected chi connectivity index (χ3v) is 4.76. The lowest BCUT2D eigenvalue weighted by atomic mass is 10.0. The molecule has 0 atom stereocenters. The molecule has 1 aliphatic heterocycles. The maximum absolute atomic E-state index is 11.5. The van der Waals surface area contributed by atoms with Crippen molar-refractivity contribution in [3.8, 4) is 5.75 Å². The first kappa shape index (κ1) is 15.3. The Bertz CT molecular complexity index is 554. The number of sulfonamides is 1. The molecule has 1 aromatic carbocycles. The van der Waals surface area contributed by atoms with E-state index in [0.717, 1.165) is 26.1 Å². The van der Waals surface area contributed by atoms with Crippen LogP contribution in [0.4, 0.5) is 0 Å². The Hall–Kier alpha value is -1.11. The summed E-state index contributed by atoms with van der Waals surface area (Å²) < 4.78 is 34.1. The highest BCUT2D eigenvalue weighted by Gasteiger charge is 2.18. The number of primary sulfonamides is 1. The molecule has 0 radical (unpaired) electrons. The van der Waals surface area contributed by atoms with Crippen molar-refractivity contribution in [3.05, 3.63) is 23.3 Å². The Morgan fingerprint density at radius 3 is 2.30 bits per heavy atom. The third kappa shape index (κ3) is 3.71. The van der Waals surface area contributed by atoms with Crippen LogP contribution in [0.15, 0.2) is 17.0 Å². The predicted octanol–water partition coefficient (Wildman–Crippen LogP) is 1.76. The van der Waals surface area contributed by atoms with E-state index < -0.39 is 10.0 Å². The van der Waals surface area contributed by atoms with E-state index in [1.165, 1.54) is 0 Å². The Kier molecular flexibility index (Phi) is 4.67. The number of benzene rings is 1. The molecule has 1 aromatic rings. The molecule has 0 aromatic heterocycles. The van der Waals surface area contributed by atoms with E-state index in [9.17, 15) is 8.42 Å². The molecule has 1 fully saturated rings. The monoisotopic (exact) mass is 299 g/mol. The molecule has 1 aliphatic rings. The Labute approximate surface area is 120 Å². The molecule has 0 spiro atoms. The van der Waals surface area contributed by atoms with Crippen molar-refractivity contribution in [1.29, 1.82) is 0 Å². The molecular weight excluding hydrogens is 278 g/mol. The van der Waals surface area contributed by atoms with E-state index in [1.807, 2.05) is 0 Å². The summed E-state index contributed by atoms with van der Waals surface area (Å²) in [6, 6.07) is 3.46. The maximum Gasteiger partial charge on any atom is 0.238 e. The molecule has 0 bridgehead atoms. The molecule has 0 aliphatic carbocycles. The first-order valence-electron chi connectivity index (χ1n) is 6.72. The molecule has 6 heteroatoms. The second-order valence-electron chi connectivity index (χ2n) is 5.30. The average molecular weight is 299 g/mol. The van der Waals surface area contributed by atoms with Crippen LogP contribution in [0.3, 0.4) is 0 Å². The quantitative estimate of drug-likeness (QED) is 0.918. The Balaban J connectivity index is 2.10. The lowest BCUT2D eigenvalue weighted by Gasteiger charge is -2.22. The smallest absolute Gasteiger partial charge is 0.238 e. The minimum atomic E-state index is -3.69. The number of hydrogen-bond acceptors (Lipinski definition) is 4. The molecule has 0 saturated carbocycles. The molecule has 0 amide bonds. The van der Waals surface area contributed by atoms with Crippen LogP contribution in [0.25, 0.3) is 0 Å². The van der Waals surface area contributed by atoms with Gasteiger partial charge in [-0.1, -0.05) is 0 Å². The number of nitrogens with two attached hydrogens (primary N) is 1. The highest BCUT2D eigenvalue weighted by molar-refractivity contribution is 7.89. The number of hydrogen-bond donors (Lipinski definition) is 1. The summed E-state index contributed by atoms with van der Waals surface area (Å²) in [4.78, 5) is 0.191. The standard InChI is InChI=1S/C14H21NO4S/c1-10-7-13(8-11(2)14(10)20(15,16)17)19-9-12-3-5-18-6-4-12/h7-8,12H,3-6,9H2,1-2H3,(H2,15,16,17). The minimum absolute atomic E-state index is 0.191. The van der Waals surface area contributed by atoms with E-state index in [2.05, 4.69) is 0 Å². The van der Waals surface area contributed by atoms with Crippen LogP contribution in [0.5, 0.6) is 5.75 Å². The van der Waals surface area contributed by atoms with Crippen molar-refractivity contribution >= 4 is 10.0 Å². The number of rotatable bonds is 4. The van der Waals surface area contributed by atoms with Crippen molar-refractivity contribution in [2.24, 2.45) is 11.1 Å². The van der Waals surface area contributed by atoms with E-state index in [1.54, 1.807) is 26.0 Å². The molecule has 1 heterocycles. The summed E-state index contributed by atoms with van der Waals surface area (Å²) in [7, 11) is -3.69. The van der Waals surface area contributed by atoms with Gasteiger partial charge in [-0.2, -0.15) is 0 Å². The van der Waals surface area contributed by atoms with Gasteiger partial charge in [0.25, 0.3) is 0 Å². The van der Waals surface area contributed by atoms with Crippen LogP contribution in [-0.4, -0.2) is 28.2 Å². The summed E-state index contributed by atoms with van der Waals surface area (Å²) >= 11 is 0. The summed E-state index contributed by atoms with van der Waals surface area (Å²) in [5.41, 5.74) is 1.24. The third-order valence-electron chi connectivity index (χ3n) is 3.54. The average Bonchev–Trinajstić information content (AvgIpc) is 2.35. The highest BCUT2D eigenvalue weighted by atomic mass is 32.2.